The average Bonchev–Trinajstić information content (AvgIpc) is 2.64. The van der Waals surface area contributed by atoms with Gasteiger partial charge in [0.1, 0.15) is 0 Å². The number of hydrogen-bond donors (Lipinski definition) is 0. The maximum Gasteiger partial charge on any atom is 0.462 e. The van der Waals surface area contributed by atoms with Crippen molar-refractivity contribution in [2.75, 3.05) is 0 Å². The molecule has 2 nitrogen and oxygen atoms in total. The number of hydrogen-bond acceptors (Lipinski definition) is 2. The zero-order valence-electron chi connectivity index (χ0n) is 15.5. The molecule has 0 saturated carbocycles. The van der Waals surface area contributed by atoms with Crippen LogP contribution in [0, 0.1) is 0 Å². The largest absolute Gasteiger partial charge is 0.462 e. The second-order valence-corrected chi connectivity index (χ2v) is 7.63. The van der Waals surface area contributed by atoms with Crippen LogP contribution in [-0.4, -0.2) is 18.3 Å². The van der Waals surface area contributed by atoms with Gasteiger partial charge in [-0.3, -0.25) is 0 Å². The zero-order chi connectivity index (χ0) is 17.5. The summed E-state index contributed by atoms with van der Waals surface area (Å²) in [6.45, 7) is 9.96. The summed E-state index contributed by atoms with van der Waals surface area (Å²) < 4.78 is 38.0. The van der Waals surface area contributed by atoms with Gasteiger partial charge in [0.2, 0.25) is 0 Å². The van der Waals surface area contributed by atoms with Crippen LogP contribution >= 0.6 is 0 Å². The van der Waals surface area contributed by atoms with Crippen molar-refractivity contribution in [3.8, 4) is 0 Å². The van der Waals surface area contributed by atoms with E-state index >= 15 is 0 Å². The topological polar surface area (TPSA) is 18.5 Å². The molecule has 1 aliphatic heterocycles. The Balaban J connectivity index is 2.36. The van der Waals surface area contributed by atoms with Gasteiger partial charge in [0, 0.05) is 6.32 Å². The molecule has 0 aromatic heterocycles. The van der Waals surface area contributed by atoms with Crippen molar-refractivity contribution in [2.24, 2.45) is 0 Å². The molecule has 0 aromatic rings. The van der Waals surface area contributed by atoms with Crippen LogP contribution < -0.4 is 0 Å². The first-order chi connectivity index (χ1) is 10.7. The first-order valence-corrected chi connectivity index (χ1v) is 9.08. The highest BCUT2D eigenvalue weighted by molar-refractivity contribution is 6.46. The van der Waals surface area contributed by atoms with Crippen molar-refractivity contribution in [2.45, 2.75) is 104 Å². The highest BCUT2D eigenvalue weighted by Gasteiger charge is 2.51. The highest BCUT2D eigenvalue weighted by atomic mass is 19.3. The Morgan fingerprint density at radius 3 is 1.78 bits per heavy atom. The van der Waals surface area contributed by atoms with Gasteiger partial charge in [-0.2, -0.15) is 8.78 Å². The molecule has 134 valence electrons. The SMILES string of the molecule is CCCCCCCCCC(CB1OC(C)(C)C(C)(C)O1)=C(F)F. The Morgan fingerprint density at radius 2 is 1.30 bits per heavy atom. The predicted octanol–water partition coefficient (Wildman–Crippen LogP) is 6.37. The summed E-state index contributed by atoms with van der Waals surface area (Å²) in [5, 5.41) is 0. The van der Waals surface area contributed by atoms with Crippen LogP contribution in [0.5, 0.6) is 0 Å². The third-order valence-corrected chi connectivity index (χ3v) is 5.06. The van der Waals surface area contributed by atoms with E-state index in [4.69, 9.17) is 9.31 Å². The van der Waals surface area contributed by atoms with Crippen molar-refractivity contribution in [1.29, 1.82) is 0 Å². The van der Waals surface area contributed by atoms with E-state index in [1.54, 1.807) is 0 Å². The van der Waals surface area contributed by atoms with Crippen molar-refractivity contribution < 1.29 is 18.1 Å². The summed E-state index contributed by atoms with van der Waals surface area (Å²) >= 11 is 0. The van der Waals surface area contributed by atoms with Crippen molar-refractivity contribution in [3.05, 3.63) is 11.7 Å². The Hall–Kier alpha value is -0.415. The predicted molar refractivity (Wildman–Crippen MR) is 92.7 cm³/mol. The summed E-state index contributed by atoms with van der Waals surface area (Å²) in [5.74, 6) is 0. The van der Waals surface area contributed by atoms with E-state index in [1.807, 2.05) is 27.7 Å². The minimum Gasteiger partial charge on any atom is -0.403 e. The molecule has 0 spiro atoms. The molecular formula is C18H33BF2O2. The third-order valence-electron chi connectivity index (χ3n) is 5.06. The third kappa shape index (κ3) is 6.54. The monoisotopic (exact) mass is 330 g/mol. The lowest BCUT2D eigenvalue weighted by Gasteiger charge is -2.32. The van der Waals surface area contributed by atoms with Crippen molar-refractivity contribution in [3.63, 3.8) is 0 Å². The lowest BCUT2D eigenvalue weighted by molar-refractivity contribution is 0.00578. The minimum absolute atomic E-state index is 0.172. The number of rotatable bonds is 10. The number of unbranched alkanes of at least 4 members (excludes halogenated alkanes) is 6. The fourth-order valence-corrected chi connectivity index (χ4v) is 2.82. The lowest BCUT2D eigenvalue weighted by Crippen LogP contribution is -2.41. The minimum atomic E-state index is -1.56. The van der Waals surface area contributed by atoms with Crippen LogP contribution in [-0.2, 0) is 9.31 Å². The van der Waals surface area contributed by atoms with E-state index in [-0.39, 0.29) is 11.9 Å². The molecule has 23 heavy (non-hydrogen) atoms. The van der Waals surface area contributed by atoms with E-state index in [2.05, 4.69) is 6.92 Å². The molecule has 0 N–H and O–H groups in total. The molecule has 5 heteroatoms. The Bertz CT molecular complexity index is 374. The van der Waals surface area contributed by atoms with Gasteiger partial charge in [-0.25, -0.2) is 0 Å². The van der Waals surface area contributed by atoms with Crippen molar-refractivity contribution >= 4 is 7.12 Å². The number of halogens is 2. The second-order valence-electron chi connectivity index (χ2n) is 7.63. The van der Waals surface area contributed by atoms with Gasteiger partial charge < -0.3 is 9.31 Å². The molecule has 1 fully saturated rings. The lowest BCUT2D eigenvalue weighted by atomic mass is 9.79. The summed E-state index contributed by atoms with van der Waals surface area (Å²) in [6, 6.07) is 0. The highest BCUT2D eigenvalue weighted by Crippen LogP contribution is 2.39. The summed E-state index contributed by atoms with van der Waals surface area (Å²) in [4.78, 5) is 0. The van der Waals surface area contributed by atoms with E-state index < -0.39 is 24.4 Å². The van der Waals surface area contributed by atoms with Gasteiger partial charge >= 0.3 is 7.12 Å². The number of allylic oxidation sites excluding steroid dienone is 1. The summed E-state index contributed by atoms with van der Waals surface area (Å²) in [5.41, 5.74) is -0.735. The fourth-order valence-electron chi connectivity index (χ4n) is 2.82. The zero-order valence-corrected chi connectivity index (χ0v) is 15.5. The van der Waals surface area contributed by atoms with E-state index in [0.717, 1.165) is 19.3 Å². The molecule has 1 saturated heterocycles. The molecule has 1 rings (SSSR count). The van der Waals surface area contributed by atoms with Gasteiger partial charge in [0.15, 0.2) is 0 Å². The fraction of sp³-hybridized carbons (Fsp3) is 0.889. The smallest absolute Gasteiger partial charge is 0.403 e. The quantitative estimate of drug-likeness (QED) is 0.342. The maximum atomic E-state index is 13.2. The van der Waals surface area contributed by atoms with Crippen LogP contribution in [0.25, 0.3) is 0 Å². The first kappa shape index (κ1) is 20.6. The molecule has 0 aliphatic carbocycles. The Labute approximate surface area is 141 Å². The Kier molecular flexibility index (Phi) is 8.22. The van der Waals surface area contributed by atoms with Gasteiger partial charge in [-0.15, -0.1) is 0 Å². The normalized spacial score (nSPS) is 19.2. The van der Waals surface area contributed by atoms with Gasteiger partial charge in [0.25, 0.3) is 6.08 Å². The van der Waals surface area contributed by atoms with E-state index in [1.165, 1.54) is 25.7 Å². The molecule has 0 unspecified atom stereocenters. The van der Waals surface area contributed by atoms with Gasteiger partial charge in [-0.05, 0) is 46.1 Å². The van der Waals surface area contributed by atoms with Crippen LogP contribution in [0.2, 0.25) is 6.32 Å². The molecular weight excluding hydrogens is 297 g/mol. The van der Waals surface area contributed by atoms with Crippen LogP contribution in [0.4, 0.5) is 8.78 Å². The molecule has 0 atom stereocenters. The average molecular weight is 330 g/mol. The van der Waals surface area contributed by atoms with E-state index in [0.29, 0.717) is 6.42 Å². The molecule has 0 amide bonds. The maximum absolute atomic E-state index is 13.2. The molecule has 0 aromatic carbocycles. The first-order valence-electron chi connectivity index (χ1n) is 9.08. The van der Waals surface area contributed by atoms with Crippen LogP contribution in [0.3, 0.4) is 0 Å². The van der Waals surface area contributed by atoms with Crippen LogP contribution in [0.1, 0.15) is 86.0 Å². The Morgan fingerprint density at radius 1 is 0.826 bits per heavy atom. The molecule has 0 radical (unpaired) electrons. The standard InChI is InChI=1S/C18H33BF2O2/c1-6-7-8-9-10-11-12-13-15(16(20)21)14-19-22-17(2,3)18(4,5)23-19/h6-14H2,1-5H3. The second kappa shape index (κ2) is 9.17. The molecule has 0 bridgehead atoms. The summed E-state index contributed by atoms with van der Waals surface area (Å²) in [6.07, 6.45) is 6.99. The van der Waals surface area contributed by atoms with Crippen molar-refractivity contribution in [1.82, 2.24) is 0 Å². The van der Waals surface area contributed by atoms with Crippen LogP contribution in [0.15, 0.2) is 11.7 Å². The summed E-state index contributed by atoms with van der Waals surface area (Å²) in [7, 11) is -0.568. The molecule has 1 aliphatic rings. The molecule has 1 heterocycles. The van der Waals surface area contributed by atoms with Gasteiger partial charge in [-0.1, -0.05) is 45.4 Å². The van der Waals surface area contributed by atoms with E-state index in [9.17, 15) is 8.78 Å². The van der Waals surface area contributed by atoms with Gasteiger partial charge in [0.05, 0.1) is 11.2 Å².